The highest BCUT2D eigenvalue weighted by atomic mass is 16.5. The summed E-state index contributed by atoms with van der Waals surface area (Å²) in [7, 11) is 1.57. The molecule has 6 heteroatoms. The van der Waals surface area contributed by atoms with Crippen molar-refractivity contribution < 1.29 is 4.74 Å². The minimum Gasteiger partial charge on any atom is -0.481 e. The van der Waals surface area contributed by atoms with Gasteiger partial charge in [0.1, 0.15) is 5.82 Å². The first kappa shape index (κ1) is 13.8. The molecule has 0 atom stereocenters. The molecule has 0 aliphatic heterocycles. The van der Waals surface area contributed by atoms with Crippen LogP contribution >= 0.6 is 0 Å². The predicted molar refractivity (Wildman–Crippen MR) is 85.8 cm³/mol. The van der Waals surface area contributed by atoms with Gasteiger partial charge in [-0.05, 0) is 24.3 Å². The molecule has 0 saturated heterocycles. The molecule has 22 heavy (non-hydrogen) atoms. The molecule has 3 rings (SSSR count). The molecule has 2 N–H and O–H groups in total. The molecule has 2 aromatic heterocycles. The summed E-state index contributed by atoms with van der Waals surface area (Å²) in [5.41, 5.74) is 1.79. The Bertz CT molecular complexity index is 731. The monoisotopic (exact) mass is 293 g/mol. The summed E-state index contributed by atoms with van der Waals surface area (Å²) in [6, 6.07) is 15.4. The van der Waals surface area contributed by atoms with E-state index in [1.807, 2.05) is 42.5 Å². The summed E-state index contributed by atoms with van der Waals surface area (Å²) >= 11 is 0. The fourth-order valence-corrected chi connectivity index (χ4v) is 1.86. The molecule has 1 aromatic carbocycles. The molecule has 0 amide bonds. The summed E-state index contributed by atoms with van der Waals surface area (Å²) in [6.07, 6.45) is 3.35. The van der Waals surface area contributed by atoms with Crippen LogP contribution in [0.2, 0.25) is 0 Å². The smallest absolute Gasteiger partial charge is 0.230 e. The van der Waals surface area contributed by atoms with Crippen molar-refractivity contribution in [1.82, 2.24) is 15.0 Å². The van der Waals surface area contributed by atoms with Crippen LogP contribution in [-0.2, 0) is 0 Å². The van der Waals surface area contributed by atoms with Crippen molar-refractivity contribution >= 4 is 23.1 Å². The molecule has 0 saturated carbocycles. The molecule has 3 aromatic rings. The highest BCUT2D eigenvalue weighted by Crippen LogP contribution is 2.18. The second kappa shape index (κ2) is 6.53. The molecule has 0 unspecified atom stereocenters. The first-order valence-corrected chi connectivity index (χ1v) is 6.76. The number of anilines is 4. The van der Waals surface area contributed by atoms with Gasteiger partial charge < -0.3 is 15.4 Å². The van der Waals surface area contributed by atoms with E-state index in [4.69, 9.17) is 4.74 Å². The minimum atomic E-state index is 0.463. The summed E-state index contributed by atoms with van der Waals surface area (Å²) in [4.78, 5) is 12.7. The van der Waals surface area contributed by atoms with E-state index in [1.165, 1.54) is 0 Å². The number of nitrogens with one attached hydrogen (secondary N) is 2. The van der Waals surface area contributed by atoms with Gasteiger partial charge in [0.15, 0.2) is 0 Å². The van der Waals surface area contributed by atoms with Gasteiger partial charge in [0, 0.05) is 18.0 Å². The van der Waals surface area contributed by atoms with Gasteiger partial charge >= 0.3 is 0 Å². The zero-order valence-corrected chi connectivity index (χ0v) is 12.0. The Hall–Kier alpha value is -3.15. The second-order valence-corrected chi connectivity index (χ2v) is 4.47. The minimum absolute atomic E-state index is 0.463. The van der Waals surface area contributed by atoms with Crippen molar-refractivity contribution in [3.05, 3.63) is 60.9 Å². The lowest BCUT2D eigenvalue weighted by Crippen LogP contribution is -1.99. The van der Waals surface area contributed by atoms with Crippen molar-refractivity contribution in [3.8, 4) is 5.88 Å². The van der Waals surface area contributed by atoms with Crippen LogP contribution in [-0.4, -0.2) is 22.1 Å². The third-order valence-electron chi connectivity index (χ3n) is 2.90. The van der Waals surface area contributed by atoms with Crippen LogP contribution < -0.4 is 15.4 Å². The van der Waals surface area contributed by atoms with Crippen LogP contribution in [0.5, 0.6) is 5.88 Å². The average molecular weight is 293 g/mol. The second-order valence-electron chi connectivity index (χ2n) is 4.47. The number of ether oxygens (including phenoxy) is 1. The molecule has 2 heterocycles. The number of methoxy groups -OCH3 is 1. The Morgan fingerprint density at radius 3 is 2.45 bits per heavy atom. The van der Waals surface area contributed by atoms with Gasteiger partial charge in [-0.25, -0.2) is 9.97 Å². The maximum absolute atomic E-state index is 5.06. The highest BCUT2D eigenvalue weighted by Gasteiger charge is 2.01. The first-order valence-electron chi connectivity index (χ1n) is 6.76. The molecule has 110 valence electrons. The van der Waals surface area contributed by atoms with E-state index < -0.39 is 0 Å². The van der Waals surface area contributed by atoms with E-state index in [9.17, 15) is 0 Å². The standard InChI is InChI=1S/C16H15N5O/c1-22-15-9-10-17-16(21-15)20-13-7-8-14(18-11-13)19-12-5-3-2-4-6-12/h2-11H,1H3,(H,18,19)(H,17,20,21). The quantitative estimate of drug-likeness (QED) is 0.751. The number of aromatic nitrogens is 3. The van der Waals surface area contributed by atoms with Gasteiger partial charge in [0.2, 0.25) is 11.8 Å². The molecule has 6 nitrogen and oxygen atoms in total. The maximum Gasteiger partial charge on any atom is 0.230 e. The first-order chi connectivity index (χ1) is 10.8. The number of rotatable bonds is 5. The lowest BCUT2D eigenvalue weighted by molar-refractivity contribution is 0.397. The van der Waals surface area contributed by atoms with Crippen LogP contribution in [0, 0.1) is 0 Å². The SMILES string of the molecule is COc1ccnc(Nc2ccc(Nc3ccccc3)nc2)n1. The number of nitrogens with zero attached hydrogens (tertiary/aromatic N) is 3. The van der Waals surface area contributed by atoms with Crippen molar-refractivity contribution in [2.24, 2.45) is 0 Å². The van der Waals surface area contributed by atoms with Gasteiger partial charge in [0.25, 0.3) is 0 Å². The molecule has 0 fully saturated rings. The highest BCUT2D eigenvalue weighted by molar-refractivity contribution is 5.59. The van der Waals surface area contributed by atoms with Crippen molar-refractivity contribution in [2.45, 2.75) is 0 Å². The Kier molecular flexibility index (Phi) is 4.10. The van der Waals surface area contributed by atoms with Crippen LogP contribution in [0.3, 0.4) is 0 Å². The van der Waals surface area contributed by atoms with Gasteiger partial charge in [-0.15, -0.1) is 0 Å². The normalized spacial score (nSPS) is 10.0. The van der Waals surface area contributed by atoms with Crippen molar-refractivity contribution in [3.63, 3.8) is 0 Å². The van der Waals surface area contributed by atoms with E-state index in [0.29, 0.717) is 11.8 Å². The Balaban J connectivity index is 1.68. The number of benzene rings is 1. The zero-order valence-electron chi connectivity index (χ0n) is 12.0. The van der Waals surface area contributed by atoms with E-state index in [1.54, 1.807) is 25.6 Å². The molecular weight excluding hydrogens is 278 g/mol. The predicted octanol–water partition coefficient (Wildman–Crippen LogP) is 3.37. The Morgan fingerprint density at radius 2 is 1.73 bits per heavy atom. The third-order valence-corrected chi connectivity index (χ3v) is 2.90. The maximum atomic E-state index is 5.06. The van der Waals surface area contributed by atoms with Crippen LogP contribution in [0.25, 0.3) is 0 Å². The van der Waals surface area contributed by atoms with Crippen LogP contribution in [0.1, 0.15) is 0 Å². The number of pyridine rings is 1. The largest absolute Gasteiger partial charge is 0.481 e. The Labute approximate surface area is 128 Å². The van der Waals surface area contributed by atoms with E-state index >= 15 is 0 Å². The topological polar surface area (TPSA) is 72.0 Å². The molecular formula is C16H15N5O. The Morgan fingerprint density at radius 1 is 0.864 bits per heavy atom. The van der Waals surface area contributed by atoms with Gasteiger partial charge in [0.05, 0.1) is 19.0 Å². The van der Waals surface area contributed by atoms with Crippen molar-refractivity contribution in [2.75, 3.05) is 17.7 Å². The fraction of sp³-hybridized carbons (Fsp3) is 0.0625. The summed E-state index contributed by atoms with van der Waals surface area (Å²) in [6.45, 7) is 0. The van der Waals surface area contributed by atoms with Gasteiger partial charge in [-0.2, -0.15) is 4.98 Å². The average Bonchev–Trinajstić information content (AvgIpc) is 2.58. The van der Waals surface area contributed by atoms with Crippen LogP contribution in [0.4, 0.5) is 23.1 Å². The van der Waals surface area contributed by atoms with E-state index in [-0.39, 0.29) is 0 Å². The summed E-state index contributed by atoms with van der Waals surface area (Å²) in [5, 5.41) is 6.30. The fourth-order valence-electron chi connectivity index (χ4n) is 1.86. The number of hydrogen-bond acceptors (Lipinski definition) is 6. The van der Waals surface area contributed by atoms with E-state index in [2.05, 4.69) is 25.6 Å². The van der Waals surface area contributed by atoms with Gasteiger partial charge in [-0.3, -0.25) is 0 Å². The van der Waals surface area contributed by atoms with E-state index in [0.717, 1.165) is 17.2 Å². The third kappa shape index (κ3) is 3.49. The molecule has 0 radical (unpaired) electrons. The summed E-state index contributed by atoms with van der Waals surface area (Å²) < 4.78 is 5.06. The summed E-state index contributed by atoms with van der Waals surface area (Å²) in [5.74, 6) is 1.74. The molecule has 0 spiro atoms. The zero-order chi connectivity index (χ0) is 15.2. The van der Waals surface area contributed by atoms with Crippen LogP contribution in [0.15, 0.2) is 60.9 Å². The molecule has 0 aliphatic rings. The number of para-hydroxylation sites is 1. The molecule has 0 bridgehead atoms. The number of hydrogen-bond donors (Lipinski definition) is 2. The lowest BCUT2D eigenvalue weighted by atomic mass is 10.3. The van der Waals surface area contributed by atoms with Crippen molar-refractivity contribution in [1.29, 1.82) is 0 Å². The molecule has 0 aliphatic carbocycles. The van der Waals surface area contributed by atoms with Gasteiger partial charge in [-0.1, -0.05) is 18.2 Å². The lowest BCUT2D eigenvalue weighted by Gasteiger charge is -2.08.